The van der Waals surface area contributed by atoms with Crippen molar-refractivity contribution in [2.24, 2.45) is 0 Å². The fraction of sp³-hybridized carbons (Fsp3) is 0.500. The first kappa shape index (κ1) is 13.7. The molecule has 0 fully saturated rings. The molecule has 0 radical (unpaired) electrons. The highest BCUT2D eigenvalue weighted by Gasteiger charge is 2.09. The van der Waals surface area contributed by atoms with Crippen LogP contribution < -0.4 is 5.73 Å². The third-order valence-electron chi connectivity index (χ3n) is 2.88. The van der Waals surface area contributed by atoms with Gasteiger partial charge in [0.05, 0.1) is 0 Å². The quantitative estimate of drug-likeness (QED) is 0.582. The molecule has 1 rings (SSSR count). The van der Waals surface area contributed by atoms with Gasteiger partial charge in [-0.2, -0.15) is 0 Å². The highest BCUT2D eigenvalue weighted by atomic mass is 16.1. The molecule has 3 heteroatoms. The number of para-hydroxylation sites is 1. The zero-order valence-electron chi connectivity index (χ0n) is 10.8. The summed E-state index contributed by atoms with van der Waals surface area (Å²) >= 11 is 0. The SMILES string of the molecule is CCCCN(C)CCC(=O)c1ccccc1N. The molecule has 0 spiro atoms. The van der Waals surface area contributed by atoms with Crippen LogP contribution >= 0.6 is 0 Å². The van der Waals surface area contributed by atoms with Crippen LogP contribution in [0.1, 0.15) is 36.5 Å². The second kappa shape index (κ2) is 7.07. The highest BCUT2D eigenvalue weighted by molar-refractivity contribution is 6.00. The predicted octanol–water partition coefficient (Wildman–Crippen LogP) is 2.57. The van der Waals surface area contributed by atoms with Gasteiger partial charge in [-0.3, -0.25) is 4.79 Å². The molecule has 0 aliphatic carbocycles. The number of nitrogens with two attached hydrogens (primary N) is 1. The van der Waals surface area contributed by atoms with E-state index in [1.54, 1.807) is 12.1 Å². The van der Waals surface area contributed by atoms with Gasteiger partial charge in [-0.15, -0.1) is 0 Å². The number of anilines is 1. The molecule has 3 nitrogen and oxygen atoms in total. The molecule has 0 saturated carbocycles. The number of ketones is 1. The molecule has 0 aliphatic heterocycles. The average molecular weight is 234 g/mol. The number of unbranched alkanes of at least 4 members (excludes halogenated alkanes) is 1. The van der Waals surface area contributed by atoms with Crippen LogP contribution in [0.15, 0.2) is 24.3 Å². The monoisotopic (exact) mass is 234 g/mol. The summed E-state index contributed by atoms with van der Waals surface area (Å²) in [6.07, 6.45) is 2.90. The molecule has 0 unspecified atom stereocenters. The topological polar surface area (TPSA) is 46.3 Å². The largest absolute Gasteiger partial charge is 0.398 e. The van der Waals surface area contributed by atoms with E-state index >= 15 is 0 Å². The Hall–Kier alpha value is -1.35. The third kappa shape index (κ3) is 4.57. The lowest BCUT2D eigenvalue weighted by molar-refractivity contribution is 0.0969. The first-order valence-electron chi connectivity index (χ1n) is 6.21. The summed E-state index contributed by atoms with van der Waals surface area (Å²) in [5.41, 5.74) is 7.00. The number of nitrogen functional groups attached to an aromatic ring is 1. The van der Waals surface area contributed by atoms with Crippen LogP contribution in [0.4, 0.5) is 5.69 Å². The maximum absolute atomic E-state index is 11.9. The molecule has 0 heterocycles. The second-order valence-electron chi connectivity index (χ2n) is 4.42. The van der Waals surface area contributed by atoms with Gasteiger partial charge in [0.1, 0.15) is 0 Å². The Balaban J connectivity index is 2.42. The zero-order chi connectivity index (χ0) is 12.7. The summed E-state index contributed by atoms with van der Waals surface area (Å²) in [6.45, 7) is 4.02. The van der Waals surface area contributed by atoms with Gasteiger partial charge in [-0.05, 0) is 32.1 Å². The van der Waals surface area contributed by atoms with E-state index < -0.39 is 0 Å². The molecular formula is C14H22N2O. The van der Waals surface area contributed by atoms with Crippen molar-refractivity contribution >= 4 is 11.5 Å². The van der Waals surface area contributed by atoms with Crippen molar-refractivity contribution in [3.8, 4) is 0 Å². The van der Waals surface area contributed by atoms with Crippen molar-refractivity contribution in [2.45, 2.75) is 26.2 Å². The number of nitrogens with zero attached hydrogens (tertiary/aromatic N) is 1. The molecule has 2 N–H and O–H groups in total. The van der Waals surface area contributed by atoms with Gasteiger partial charge >= 0.3 is 0 Å². The second-order valence-corrected chi connectivity index (χ2v) is 4.42. The van der Waals surface area contributed by atoms with Gasteiger partial charge in [0.25, 0.3) is 0 Å². The van der Waals surface area contributed by atoms with Gasteiger partial charge in [-0.25, -0.2) is 0 Å². The van der Waals surface area contributed by atoms with Gasteiger partial charge in [0.2, 0.25) is 0 Å². The maximum atomic E-state index is 11.9. The number of rotatable bonds is 7. The van der Waals surface area contributed by atoms with Crippen molar-refractivity contribution in [3.05, 3.63) is 29.8 Å². The van der Waals surface area contributed by atoms with E-state index in [0.29, 0.717) is 17.7 Å². The number of benzene rings is 1. The van der Waals surface area contributed by atoms with E-state index in [1.807, 2.05) is 12.1 Å². The number of hydrogen-bond acceptors (Lipinski definition) is 3. The van der Waals surface area contributed by atoms with Crippen LogP contribution in [-0.4, -0.2) is 30.8 Å². The number of hydrogen-bond donors (Lipinski definition) is 1. The van der Waals surface area contributed by atoms with E-state index in [9.17, 15) is 4.79 Å². The lowest BCUT2D eigenvalue weighted by Crippen LogP contribution is -2.23. The minimum Gasteiger partial charge on any atom is -0.398 e. The molecular weight excluding hydrogens is 212 g/mol. The molecule has 17 heavy (non-hydrogen) atoms. The summed E-state index contributed by atoms with van der Waals surface area (Å²) in [5, 5.41) is 0. The van der Waals surface area contributed by atoms with E-state index in [-0.39, 0.29) is 5.78 Å². The molecule has 0 amide bonds. The van der Waals surface area contributed by atoms with Crippen molar-refractivity contribution < 1.29 is 4.79 Å². The van der Waals surface area contributed by atoms with E-state index in [2.05, 4.69) is 18.9 Å². The Morgan fingerprint density at radius 2 is 2.00 bits per heavy atom. The minimum atomic E-state index is 0.131. The summed E-state index contributed by atoms with van der Waals surface area (Å²) in [7, 11) is 2.05. The molecule has 1 aromatic carbocycles. The molecule has 0 bridgehead atoms. The van der Waals surface area contributed by atoms with Gasteiger partial charge < -0.3 is 10.6 Å². The summed E-state index contributed by atoms with van der Waals surface area (Å²) < 4.78 is 0. The minimum absolute atomic E-state index is 0.131. The molecule has 0 saturated heterocycles. The van der Waals surface area contributed by atoms with Crippen LogP contribution in [0.2, 0.25) is 0 Å². The number of Topliss-reactive ketones (excluding diaryl/α,β-unsaturated/α-hetero) is 1. The Morgan fingerprint density at radius 1 is 1.29 bits per heavy atom. The van der Waals surface area contributed by atoms with Gasteiger partial charge in [0.15, 0.2) is 5.78 Å². The molecule has 1 aromatic rings. The van der Waals surface area contributed by atoms with Crippen LogP contribution in [0.25, 0.3) is 0 Å². The molecule has 0 aliphatic rings. The first-order valence-corrected chi connectivity index (χ1v) is 6.21. The van der Waals surface area contributed by atoms with E-state index in [0.717, 1.165) is 13.1 Å². The zero-order valence-corrected chi connectivity index (χ0v) is 10.8. The first-order chi connectivity index (χ1) is 8.15. The molecule has 0 aromatic heterocycles. The number of carbonyl (C=O) groups is 1. The predicted molar refractivity (Wildman–Crippen MR) is 72.2 cm³/mol. The summed E-state index contributed by atoms with van der Waals surface area (Å²) in [4.78, 5) is 14.1. The third-order valence-corrected chi connectivity index (χ3v) is 2.88. The Kier molecular flexibility index (Phi) is 5.70. The van der Waals surface area contributed by atoms with Crippen LogP contribution in [0.5, 0.6) is 0 Å². The lowest BCUT2D eigenvalue weighted by atomic mass is 10.1. The van der Waals surface area contributed by atoms with Gasteiger partial charge in [-0.1, -0.05) is 25.5 Å². The molecule has 0 atom stereocenters. The fourth-order valence-electron chi connectivity index (χ4n) is 1.72. The fourth-order valence-corrected chi connectivity index (χ4v) is 1.72. The van der Waals surface area contributed by atoms with E-state index in [1.165, 1.54) is 12.8 Å². The van der Waals surface area contributed by atoms with Crippen LogP contribution in [0.3, 0.4) is 0 Å². The average Bonchev–Trinajstić information content (AvgIpc) is 2.34. The Labute approximate surface area is 104 Å². The van der Waals surface area contributed by atoms with Crippen molar-refractivity contribution in [1.29, 1.82) is 0 Å². The highest BCUT2D eigenvalue weighted by Crippen LogP contribution is 2.13. The van der Waals surface area contributed by atoms with Gasteiger partial charge in [0, 0.05) is 24.2 Å². The van der Waals surface area contributed by atoms with Crippen LogP contribution in [0, 0.1) is 0 Å². The smallest absolute Gasteiger partial charge is 0.166 e. The summed E-state index contributed by atoms with van der Waals surface area (Å²) in [6, 6.07) is 7.27. The van der Waals surface area contributed by atoms with Crippen molar-refractivity contribution in [2.75, 3.05) is 25.9 Å². The summed E-state index contributed by atoms with van der Waals surface area (Å²) in [5.74, 6) is 0.131. The Bertz CT molecular complexity index is 363. The van der Waals surface area contributed by atoms with Crippen LogP contribution in [-0.2, 0) is 0 Å². The maximum Gasteiger partial charge on any atom is 0.166 e. The van der Waals surface area contributed by atoms with E-state index in [4.69, 9.17) is 5.73 Å². The standard InChI is InChI=1S/C14H22N2O/c1-3-4-10-16(2)11-9-14(17)12-7-5-6-8-13(12)15/h5-8H,3-4,9-11,15H2,1-2H3. The Morgan fingerprint density at radius 3 is 2.65 bits per heavy atom. The van der Waals surface area contributed by atoms with Crippen molar-refractivity contribution in [1.82, 2.24) is 4.90 Å². The van der Waals surface area contributed by atoms with Crippen molar-refractivity contribution in [3.63, 3.8) is 0 Å². The number of carbonyl (C=O) groups excluding carboxylic acids is 1. The molecule has 94 valence electrons. The lowest BCUT2D eigenvalue weighted by Gasteiger charge is -2.15. The normalized spacial score (nSPS) is 10.8.